The molecule has 0 unspecified atom stereocenters. The minimum atomic E-state index is 0.358. The molecule has 9 rings (SSSR count). The first-order chi connectivity index (χ1) is 21.7. The predicted octanol–water partition coefficient (Wildman–Crippen LogP) is 11.4. The van der Waals surface area contributed by atoms with Gasteiger partial charge < -0.3 is 4.42 Å². The summed E-state index contributed by atoms with van der Waals surface area (Å²) in [5.41, 5.74) is 9.03. The van der Waals surface area contributed by atoms with Crippen molar-refractivity contribution >= 4 is 65.3 Å². The van der Waals surface area contributed by atoms with Crippen molar-refractivity contribution in [2.24, 2.45) is 0 Å². The van der Waals surface area contributed by atoms with Gasteiger partial charge in [0.15, 0.2) is 0 Å². The molecule has 0 fully saturated rings. The van der Waals surface area contributed by atoms with Gasteiger partial charge in [0.2, 0.25) is 0 Å². The highest BCUT2D eigenvalue weighted by Gasteiger charge is 2.19. The van der Waals surface area contributed by atoms with E-state index in [1.54, 1.807) is 0 Å². The van der Waals surface area contributed by atoms with Crippen LogP contribution in [0.5, 0.6) is 0 Å². The number of para-hydroxylation sites is 1. The first-order valence-corrected chi connectivity index (χ1v) is 15.2. The smallest absolute Gasteiger partial charge is 0.143 e. The lowest BCUT2D eigenvalue weighted by Gasteiger charge is -2.11. The maximum absolute atomic E-state index is 6.80. The Labute approximate surface area is 254 Å². The van der Waals surface area contributed by atoms with Gasteiger partial charge in [-0.3, -0.25) is 4.98 Å². The lowest BCUT2D eigenvalue weighted by atomic mass is 9.94. The molecule has 0 aliphatic carbocycles. The number of fused-ring (bicyclic) bond motifs is 11. The average molecular weight is 565 g/mol. The molecule has 2 heterocycles. The molecule has 7 aromatic carbocycles. The molecule has 0 bridgehead atoms. The molecular weight excluding hydrogens is 536 g/mol. The van der Waals surface area contributed by atoms with E-state index in [1.165, 1.54) is 37.9 Å². The summed E-state index contributed by atoms with van der Waals surface area (Å²) in [6, 6.07) is 43.0. The van der Waals surface area contributed by atoms with E-state index in [-0.39, 0.29) is 0 Å². The molecule has 0 saturated carbocycles. The highest BCUT2D eigenvalue weighted by molar-refractivity contribution is 6.24. The van der Waals surface area contributed by atoms with Crippen LogP contribution in [0.3, 0.4) is 0 Å². The molecular formula is C41H28N2O. The molecule has 0 saturated heterocycles. The first kappa shape index (κ1) is 25.0. The van der Waals surface area contributed by atoms with Crippen molar-refractivity contribution in [1.29, 1.82) is 0 Å². The molecule has 0 aliphatic heterocycles. The second-order valence-corrected chi connectivity index (χ2v) is 12.0. The summed E-state index contributed by atoms with van der Waals surface area (Å²) in [6.07, 6.45) is 1.91. The fraction of sp³-hybridized carbons (Fsp3) is 0.0732. The molecule has 0 spiro atoms. The molecule has 3 heteroatoms. The van der Waals surface area contributed by atoms with E-state index in [0.717, 1.165) is 55.4 Å². The van der Waals surface area contributed by atoms with E-state index in [0.29, 0.717) is 5.92 Å². The van der Waals surface area contributed by atoms with E-state index in [2.05, 4.69) is 135 Å². The zero-order valence-electron chi connectivity index (χ0n) is 24.5. The Balaban J connectivity index is 1.29. The SMILES string of the molecule is CC(C)c1cccc2c1oc1c(-c3cccc(-c4cnc5c6ccccc6c6ccccc6c5n4)c3)cc3ccccc3c12. The highest BCUT2D eigenvalue weighted by atomic mass is 16.3. The number of aromatic nitrogens is 2. The molecule has 0 radical (unpaired) electrons. The largest absolute Gasteiger partial charge is 0.455 e. The van der Waals surface area contributed by atoms with Gasteiger partial charge in [0, 0.05) is 32.7 Å². The minimum Gasteiger partial charge on any atom is -0.455 e. The number of rotatable bonds is 3. The number of furan rings is 1. The maximum Gasteiger partial charge on any atom is 0.143 e. The summed E-state index contributed by atoms with van der Waals surface area (Å²) in [4.78, 5) is 10.3. The highest BCUT2D eigenvalue weighted by Crippen LogP contribution is 2.43. The quantitative estimate of drug-likeness (QED) is 0.200. The van der Waals surface area contributed by atoms with Gasteiger partial charge in [0.05, 0.1) is 22.9 Å². The Bertz CT molecular complexity index is 2560. The fourth-order valence-corrected chi connectivity index (χ4v) is 6.95. The van der Waals surface area contributed by atoms with Crippen LogP contribution in [0.2, 0.25) is 0 Å². The zero-order chi connectivity index (χ0) is 29.4. The lowest BCUT2D eigenvalue weighted by Crippen LogP contribution is -1.92. The summed E-state index contributed by atoms with van der Waals surface area (Å²) < 4.78 is 6.80. The van der Waals surface area contributed by atoms with Crippen LogP contribution in [0, 0.1) is 0 Å². The van der Waals surface area contributed by atoms with E-state index >= 15 is 0 Å². The Hall–Kier alpha value is -5.54. The zero-order valence-corrected chi connectivity index (χ0v) is 24.5. The third-order valence-corrected chi connectivity index (χ3v) is 9.04. The Kier molecular flexibility index (Phi) is 5.39. The minimum absolute atomic E-state index is 0.358. The topological polar surface area (TPSA) is 38.9 Å². The number of benzene rings is 7. The Morgan fingerprint density at radius 2 is 1.18 bits per heavy atom. The van der Waals surface area contributed by atoms with Gasteiger partial charge in [-0.05, 0) is 50.7 Å². The fourth-order valence-electron chi connectivity index (χ4n) is 6.95. The summed E-state index contributed by atoms with van der Waals surface area (Å²) in [7, 11) is 0. The van der Waals surface area contributed by atoms with E-state index in [1.807, 2.05) is 6.20 Å². The number of hydrogen-bond acceptors (Lipinski definition) is 3. The van der Waals surface area contributed by atoms with Gasteiger partial charge >= 0.3 is 0 Å². The Morgan fingerprint density at radius 1 is 0.545 bits per heavy atom. The van der Waals surface area contributed by atoms with Gasteiger partial charge in [-0.2, -0.15) is 0 Å². The van der Waals surface area contributed by atoms with Gasteiger partial charge in [-0.15, -0.1) is 0 Å². The van der Waals surface area contributed by atoms with Gasteiger partial charge in [0.1, 0.15) is 11.2 Å². The van der Waals surface area contributed by atoms with E-state index in [9.17, 15) is 0 Å². The summed E-state index contributed by atoms with van der Waals surface area (Å²) in [5, 5.41) is 9.38. The lowest BCUT2D eigenvalue weighted by molar-refractivity contribution is 0.658. The predicted molar refractivity (Wildman–Crippen MR) is 184 cm³/mol. The van der Waals surface area contributed by atoms with Crippen molar-refractivity contribution in [3.8, 4) is 22.4 Å². The normalized spacial score (nSPS) is 12.1. The third-order valence-electron chi connectivity index (χ3n) is 9.04. The van der Waals surface area contributed by atoms with Crippen molar-refractivity contribution in [2.45, 2.75) is 19.8 Å². The summed E-state index contributed by atoms with van der Waals surface area (Å²) in [6.45, 7) is 4.45. The molecule has 208 valence electrons. The third kappa shape index (κ3) is 3.62. The molecule has 44 heavy (non-hydrogen) atoms. The van der Waals surface area contributed by atoms with Crippen LogP contribution >= 0.6 is 0 Å². The van der Waals surface area contributed by atoms with Gasteiger partial charge in [-0.25, -0.2) is 4.98 Å². The molecule has 0 N–H and O–H groups in total. The van der Waals surface area contributed by atoms with Crippen LogP contribution in [-0.4, -0.2) is 9.97 Å². The van der Waals surface area contributed by atoms with Crippen molar-refractivity contribution in [2.75, 3.05) is 0 Å². The van der Waals surface area contributed by atoms with Crippen molar-refractivity contribution in [1.82, 2.24) is 9.97 Å². The molecule has 3 nitrogen and oxygen atoms in total. The van der Waals surface area contributed by atoms with Crippen LogP contribution in [0.1, 0.15) is 25.3 Å². The van der Waals surface area contributed by atoms with Crippen LogP contribution in [0.15, 0.2) is 132 Å². The molecule has 2 aromatic heterocycles. The van der Waals surface area contributed by atoms with Crippen molar-refractivity contribution in [3.05, 3.63) is 133 Å². The monoisotopic (exact) mass is 564 g/mol. The second kappa shape index (κ2) is 9.48. The standard InChI is InChI=1S/C41H28N2O/c1-24(2)28-19-10-20-34-37-29-14-4-3-11-26(29)22-35(41(37)44-40(28)34)25-12-9-13-27(21-25)36-23-42-38-32-17-7-5-15-30(32)31-16-6-8-18-33(31)39(38)43-36/h3-24H,1-2H3. The van der Waals surface area contributed by atoms with Crippen LogP contribution in [0.4, 0.5) is 0 Å². The molecule has 0 aliphatic rings. The van der Waals surface area contributed by atoms with Gasteiger partial charge in [0.25, 0.3) is 0 Å². The van der Waals surface area contributed by atoms with Crippen molar-refractivity contribution < 1.29 is 4.42 Å². The van der Waals surface area contributed by atoms with Gasteiger partial charge in [-0.1, -0.05) is 123 Å². The summed E-state index contributed by atoms with van der Waals surface area (Å²) >= 11 is 0. The van der Waals surface area contributed by atoms with E-state index < -0.39 is 0 Å². The second-order valence-electron chi connectivity index (χ2n) is 12.0. The summed E-state index contributed by atoms with van der Waals surface area (Å²) in [5.74, 6) is 0.358. The molecule has 0 atom stereocenters. The average Bonchev–Trinajstić information content (AvgIpc) is 3.48. The first-order valence-electron chi connectivity index (χ1n) is 15.2. The molecule has 9 aromatic rings. The molecule has 0 amide bonds. The van der Waals surface area contributed by atoms with Crippen LogP contribution in [-0.2, 0) is 0 Å². The number of hydrogen-bond donors (Lipinski definition) is 0. The van der Waals surface area contributed by atoms with Crippen LogP contribution < -0.4 is 0 Å². The number of nitrogens with zero attached hydrogens (tertiary/aromatic N) is 2. The maximum atomic E-state index is 6.80. The van der Waals surface area contributed by atoms with E-state index in [4.69, 9.17) is 14.4 Å². The van der Waals surface area contributed by atoms with Crippen LogP contribution in [0.25, 0.3) is 87.7 Å². The van der Waals surface area contributed by atoms with Crippen molar-refractivity contribution in [3.63, 3.8) is 0 Å². The Morgan fingerprint density at radius 3 is 1.95 bits per heavy atom.